The van der Waals surface area contributed by atoms with Crippen LogP contribution in [0.1, 0.15) is 43.5 Å². The third-order valence-electron chi connectivity index (χ3n) is 5.26. The Morgan fingerprint density at radius 3 is 2.14 bits per heavy atom. The number of imide groups is 1. The molecule has 2 amide bonds. The summed E-state index contributed by atoms with van der Waals surface area (Å²) < 4.78 is 5.23. The van der Waals surface area contributed by atoms with Crippen LogP contribution in [0, 0.1) is 17.8 Å². The second kappa shape index (κ2) is 8.50. The monoisotopic (exact) mass is 383 g/mol. The van der Waals surface area contributed by atoms with Crippen molar-refractivity contribution in [3.63, 3.8) is 0 Å². The summed E-state index contributed by atoms with van der Waals surface area (Å²) in [5.74, 6) is -2.37. The average molecular weight is 383 g/mol. The van der Waals surface area contributed by atoms with E-state index in [4.69, 9.17) is 4.74 Å². The van der Waals surface area contributed by atoms with Crippen LogP contribution in [0.25, 0.3) is 0 Å². The molecule has 2 aliphatic rings. The summed E-state index contributed by atoms with van der Waals surface area (Å²) in [7, 11) is 0. The minimum absolute atomic E-state index is 0.0729. The van der Waals surface area contributed by atoms with Gasteiger partial charge in [0.15, 0.2) is 12.4 Å². The number of carbonyl (C=O) groups excluding carboxylic acids is 4. The summed E-state index contributed by atoms with van der Waals surface area (Å²) in [5.41, 5.74) is 0.445. The number of rotatable bonds is 7. The van der Waals surface area contributed by atoms with Crippen molar-refractivity contribution < 1.29 is 23.9 Å². The molecule has 0 N–H and O–H groups in total. The standard InChI is InChI=1S/C22H25NO5/c1-14(2)12-18(22(27)28-13-19(24)15-8-4-3-5-9-15)23-20(25)16-10-6-7-11-17(16)21(23)26/h3-9,14,16-18H,10-13H2,1-2H3. The van der Waals surface area contributed by atoms with E-state index in [1.54, 1.807) is 30.3 Å². The average Bonchev–Trinajstić information content (AvgIpc) is 2.95. The number of ether oxygens (including phenoxy) is 1. The molecule has 6 nitrogen and oxygen atoms in total. The summed E-state index contributed by atoms with van der Waals surface area (Å²) >= 11 is 0. The van der Waals surface area contributed by atoms with Gasteiger partial charge in [0.25, 0.3) is 0 Å². The van der Waals surface area contributed by atoms with Crippen LogP contribution >= 0.6 is 0 Å². The largest absolute Gasteiger partial charge is 0.456 e. The second-order valence-electron chi connectivity index (χ2n) is 7.74. The highest BCUT2D eigenvalue weighted by molar-refractivity contribution is 6.08. The number of fused-ring (bicyclic) bond motifs is 1. The number of benzene rings is 1. The Labute approximate surface area is 164 Å². The van der Waals surface area contributed by atoms with Crippen LogP contribution in [-0.2, 0) is 19.1 Å². The lowest BCUT2D eigenvalue weighted by Crippen LogP contribution is -2.47. The molecule has 0 saturated carbocycles. The maximum atomic E-state index is 12.8. The molecule has 3 rings (SSSR count). The highest BCUT2D eigenvalue weighted by atomic mass is 16.5. The Morgan fingerprint density at radius 1 is 1.04 bits per heavy atom. The van der Waals surface area contributed by atoms with Crippen molar-refractivity contribution in [1.82, 2.24) is 4.90 Å². The van der Waals surface area contributed by atoms with E-state index in [0.717, 1.165) is 4.90 Å². The molecule has 1 aromatic carbocycles. The highest BCUT2D eigenvalue weighted by Crippen LogP contribution is 2.37. The zero-order valence-corrected chi connectivity index (χ0v) is 16.2. The summed E-state index contributed by atoms with van der Waals surface area (Å²) in [6.07, 6.45) is 5.15. The topological polar surface area (TPSA) is 80.8 Å². The Morgan fingerprint density at radius 2 is 1.61 bits per heavy atom. The van der Waals surface area contributed by atoms with E-state index in [1.807, 2.05) is 26.0 Å². The molecule has 148 valence electrons. The molecule has 1 aliphatic carbocycles. The molecule has 28 heavy (non-hydrogen) atoms. The fourth-order valence-corrected chi connectivity index (χ4v) is 3.83. The Bertz CT molecular complexity index is 772. The highest BCUT2D eigenvalue weighted by Gasteiger charge is 2.51. The number of amides is 2. The molecule has 1 heterocycles. The van der Waals surface area contributed by atoms with Crippen LogP contribution < -0.4 is 0 Å². The third-order valence-corrected chi connectivity index (χ3v) is 5.26. The normalized spacial score (nSPS) is 22.3. The molecule has 1 aromatic rings. The van der Waals surface area contributed by atoms with E-state index in [9.17, 15) is 19.2 Å². The van der Waals surface area contributed by atoms with Gasteiger partial charge in [-0.3, -0.25) is 19.3 Å². The van der Waals surface area contributed by atoms with Crippen LogP contribution in [0.3, 0.4) is 0 Å². The van der Waals surface area contributed by atoms with Gasteiger partial charge in [-0.2, -0.15) is 0 Å². The van der Waals surface area contributed by atoms with Crippen LogP contribution in [-0.4, -0.2) is 41.1 Å². The molecule has 1 fully saturated rings. The first-order valence-corrected chi connectivity index (χ1v) is 9.67. The lowest BCUT2D eigenvalue weighted by atomic mass is 9.85. The number of hydrogen-bond donors (Lipinski definition) is 0. The molecule has 1 saturated heterocycles. The van der Waals surface area contributed by atoms with Crippen molar-refractivity contribution in [2.75, 3.05) is 6.61 Å². The molecule has 3 unspecified atom stereocenters. The van der Waals surface area contributed by atoms with E-state index in [-0.39, 0.29) is 23.5 Å². The molecule has 3 atom stereocenters. The zero-order valence-electron chi connectivity index (χ0n) is 16.2. The van der Waals surface area contributed by atoms with E-state index in [2.05, 4.69) is 0 Å². The molecule has 0 bridgehead atoms. The first-order valence-electron chi connectivity index (χ1n) is 9.67. The number of ketones is 1. The smallest absolute Gasteiger partial charge is 0.329 e. The molecule has 6 heteroatoms. The number of hydrogen-bond acceptors (Lipinski definition) is 5. The number of carbonyl (C=O) groups is 4. The lowest BCUT2D eigenvalue weighted by Gasteiger charge is -2.26. The van der Waals surface area contributed by atoms with Gasteiger partial charge in [-0.05, 0) is 25.2 Å². The second-order valence-corrected chi connectivity index (χ2v) is 7.74. The van der Waals surface area contributed by atoms with Gasteiger partial charge in [0.05, 0.1) is 11.8 Å². The van der Waals surface area contributed by atoms with Gasteiger partial charge in [0, 0.05) is 5.56 Å². The van der Waals surface area contributed by atoms with Gasteiger partial charge in [-0.15, -0.1) is 0 Å². The maximum absolute atomic E-state index is 12.8. The number of nitrogens with zero attached hydrogens (tertiary/aromatic N) is 1. The Kier molecular flexibility index (Phi) is 6.07. The van der Waals surface area contributed by atoms with Crippen molar-refractivity contribution in [3.8, 4) is 0 Å². The molecule has 0 spiro atoms. The van der Waals surface area contributed by atoms with Gasteiger partial charge in [0.1, 0.15) is 6.04 Å². The Hall–Kier alpha value is -2.76. The minimum atomic E-state index is -0.992. The van der Waals surface area contributed by atoms with Crippen LogP contribution in [0.2, 0.25) is 0 Å². The first kappa shape index (κ1) is 20.0. The molecule has 1 aliphatic heterocycles. The van der Waals surface area contributed by atoms with E-state index in [0.29, 0.717) is 24.8 Å². The first-order chi connectivity index (χ1) is 13.4. The van der Waals surface area contributed by atoms with Gasteiger partial charge in [-0.1, -0.05) is 56.3 Å². The summed E-state index contributed by atoms with van der Waals surface area (Å²) in [6, 6.07) is 7.55. The van der Waals surface area contributed by atoms with Gasteiger partial charge < -0.3 is 4.74 Å². The third kappa shape index (κ3) is 4.06. The molecular formula is C22H25NO5. The van der Waals surface area contributed by atoms with Crippen LogP contribution in [0.4, 0.5) is 0 Å². The van der Waals surface area contributed by atoms with Crippen molar-refractivity contribution in [2.45, 2.75) is 39.2 Å². The summed E-state index contributed by atoms with van der Waals surface area (Å²) in [4.78, 5) is 51.7. The zero-order chi connectivity index (χ0) is 20.3. The summed E-state index contributed by atoms with van der Waals surface area (Å²) in [5, 5.41) is 0. The molecular weight excluding hydrogens is 358 g/mol. The predicted molar refractivity (Wildman–Crippen MR) is 102 cm³/mol. The van der Waals surface area contributed by atoms with Crippen molar-refractivity contribution in [2.24, 2.45) is 17.8 Å². The fourth-order valence-electron chi connectivity index (χ4n) is 3.83. The predicted octanol–water partition coefficient (Wildman–Crippen LogP) is 2.78. The summed E-state index contributed by atoms with van der Waals surface area (Å²) in [6.45, 7) is 3.41. The number of esters is 1. The Balaban J connectivity index is 1.73. The van der Waals surface area contributed by atoms with E-state index >= 15 is 0 Å². The van der Waals surface area contributed by atoms with Crippen molar-refractivity contribution in [1.29, 1.82) is 0 Å². The van der Waals surface area contributed by atoms with Gasteiger partial charge in [-0.25, -0.2) is 4.79 Å². The number of allylic oxidation sites excluding steroid dienone is 2. The van der Waals surface area contributed by atoms with Crippen molar-refractivity contribution in [3.05, 3.63) is 48.0 Å². The van der Waals surface area contributed by atoms with E-state index < -0.39 is 30.5 Å². The number of Topliss-reactive ketones (excluding diaryl/α,β-unsaturated/α-hetero) is 1. The van der Waals surface area contributed by atoms with Gasteiger partial charge >= 0.3 is 5.97 Å². The number of likely N-dealkylation sites (tertiary alicyclic amines) is 1. The van der Waals surface area contributed by atoms with E-state index in [1.165, 1.54) is 0 Å². The van der Waals surface area contributed by atoms with Gasteiger partial charge in [0.2, 0.25) is 11.8 Å². The lowest BCUT2D eigenvalue weighted by molar-refractivity contribution is -0.158. The molecule has 0 radical (unpaired) electrons. The van der Waals surface area contributed by atoms with Crippen molar-refractivity contribution >= 4 is 23.6 Å². The fraction of sp³-hybridized carbons (Fsp3) is 0.455. The van der Waals surface area contributed by atoms with Crippen LogP contribution in [0.5, 0.6) is 0 Å². The van der Waals surface area contributed by atoms with Crippen LogP contribution in [0.15, 0.2) is 42.5 Å². The minimum Gasteiger partial charge on any atom is -0.456 e. The maximum Gasteiger partial charge on any atom is 0.329 e. The quantitative estimate of drug-likeness (QED) is 0.313. The molecule has 0 aromatic heterocycles. The SMILES string of the molecule is CC(C)CC(C(=O)OCC(=O)c1ccccc1)N1C(=O)C2CC=CCC2C1=O.